The van der Waals surface area contributed by atoms with Gasteiger partial charge in [0.05, 0.1) is 18.6 Å². The molecule has 1 heterocycles. The highest BCUT2D eigenvalue weighted by molar-refractivity contribution is 5.75. The van der Waals surface area contributed by atoms with Gasteiger partial charge >= 0.3 is 5.97 Å². The van der Waals surface area contributed by atoms with Gasteiger partial charge in [-0.15, -0.1) is 0 Å². The Balaban J connectivity index is 2.39. The van der Waals surface area contributed by atoms with Crippen molar-refractivity contribution < 1.29 is 19.7 Å². The highest BCUT2D eigenvalue weighted by atomic mass is 16.6. The molecule has 1 saturated heterocycles. The van der Waals surface area contributed by atoms with E-state index in [2.05, 4.69) is 13.8 Å². The van der Waals surface area contributed by atoms with Crippen LogP contribution < -0.4 is 0 Å². The number of hydrogen-bond donors (Lipinski definition) is 2. The van der Waals surface area contributed by atoms with Crippen LogP contribution >= 0.6 is 0 Å². The van der Waals surface area contributed by atoms with Crippen LogP contribution in [-0.2, 0) is 9.53 Å². The number of ether oxygens (including phenoxy) is 1. The molecule has 88 valence electrons. The number of cyclic esters (lactones) is 1. The number of carbonyl (C=O) groups excluding carboxylic acids is 1. The topological polar surface area (TPSA) is 66.8 Å². The minimum atomic E-state index is -0.628. The standard InChI is InChI=1S/C11H20O4/c1-7(2)3-4-10(13)9-5-8(6-12)15-11(9)14/h7-10,12-13H,3-6H2,1-2H3/t8-,9+,10-/m0/s1. The number of carbonyl (C=O) groups is 1. The third-order valence-corrected chi connectivity index (χ3v) is 2.81. The van der Waals surface area contributed by atoms with Crippen molar-refractivity contribution in [3.8, 4) is 0 Å². The zero-order chi connectivity index (χ0) is 11.4. The van der Waals surface area contributed by atoms with Gasteiger partial charge in [0.2, 0.25) is 0 Å². The third-order valence-electron chi connectivity index (χ3n) is 2.81. The highest BCUT2D eigenvalue weighted by Crippen LogP contribution is 2.26. The van der Waals surface area contributed by atoms with Crippen molar-refractivity contribution >= 4 is 5.97 Å². The minimum Gasteiger partial charge on any atom is -0.460 e. The first kappa shape index (κ1) is 12.5. The molecule has 0 aromatic heterocycles. The Morgan fingerprint density at radius 1 is 1.47 bits per heavy atom. The number of hydrogen-bond acceptors (Lipinski definition) is 4. The van der Waals surface area contributed by atoms with Gasteiger partial charge in [-0.05, 0) is 18.8 Å². The molecular formula is C11H20O4. The first-order chi connectivity index (χ1) is 7.04. The van der Waals surface area contributed by atoms with E-state index in [1.165, 1.54) is 0 Å². The predicted molar refractivity (Wildman–Crippen MR) is 55.2 cm³/mol. The minimum absolute atomic E-state index is 0.154. The summed E-state index contributed by atoms with van der Waals surface area (Å²) in [5.41, 5.74) is 0. The Kier molecular flexibility index (Phi) is 4.54. The largest absolute Gasteiger partial charge is 0.460 e. The fourth-order valence-electron chi connectivity index (χ4n) is 1.81. The van der Waals surface area contributed by atoms with Gasteiger partial charge in [-0.3, -0.25) is 4.79 Å². The lowest BCUT2D eigenvalue weighted by Crippen LogP contribution is -2.24. The summed E-state index contributed by atoms with van der Waals surface area (Å²) in [7, 11) is 0. The van der Waals surface area contributed by atoms with Gasteiger partial charge in [0, 0.05) is 6.42 Å². The lowest BCUT2D eigenvalue weighted by Gasteiger charge is -2.15. The molecule has 0 aliphatic carbocycles. The van der Waals surface area contributed by atoms with E-state index in [0.717, 1.165) is 6.42 Å². The zero-order valence-electron chi connectivity index (χ0n) is 9.35. The van der Waals surface area contributed by atoms with E-state index in [1.54, 1.807) is 0 Å². The molecule has 0 aromatic rings. The summed E-state index contributed by atoms with van der Waals surface area (Å²) >= 11 is 0. The molecule has 4 heteroatoms. The van der Waals surface area contributed by atoms with E-state index in [0.29, 0.717) is 18.8 Å². The summed E-state index contributed by atoms with van der Waals surface area (Å²) in [6, 6.07) is 0. The first-order valence-corrected chi connectivity index (χ1v) is 5.54. The van der Waals surface area contributed by atoms with E-state index < -0.39 is 18.1 Å². The molecule has 1 rings (SSSR count). The smallest absolute Gasteiger partial charge is 0.312 e. The van der Waals surface area contributed by atoms with Gasteiger partial charge in [-0.1, -0.05) is 13.8 Å². The van der Waals surface area contributed by atoms with Gasteiger partial charge in [0.1, 0.15) is 6.10 Å². The van der Waals surface area contributed by atoms with Crippen LogP contribution in [0, 0.1) is 11.8 Å². The predicted octanol–water partition coefficient (Wildman–Crippen LogP) is 0.707. The average Bonchev–Trinajstić information content (AvgIpc) is 2.56. The Hall–Kier alpha value is -0.610. The van der Waals surface area contributed by atoms with E-state index >= 15 is 0 Å². The molecular weight excluding hydrogens is 196 g/mol. The molecule has 0 saturated carbocycles. The Bertz CT molecular complexity index is 215. The lowest BCUT2D eigenvalue weighted by molar-refractivity contribution is -0.147. The van der Waals surface area contributed by atoms with Crippen molar-refractivity contribution in [3.05, 3.63) is 0 Å². The summed E-state index contributed by atoms with van der Waals surface area (Å²) in [4.78, 5) is 11.3. The molecule has 2 N–H and O–H groups in total. The maximum atomic E-state index is 11.3. The summed E-state index contributed by atoms with van der Waals surface area (Å²) in [5.74, 6) is -0.295. The molecule has 3 atom stereocenters. The number of aliphatic hydroxyl groups is 2. The molecule has 1 aliphatic rings. The first-order valence-electron chi connectivity index (χ1n) is 5.54. The Morgan fingerprint density at radius 3 is 2.60 bits per heavy atom. The van der Waals surface area contributed by atoms with Crippen molar-refractivity contribution in [3.63, 3.8) is 0 Å². The molecule has 0 amide bonds. The molecule has 1 aliphatic heterocycles. The van der Waals surface area contributed by atoms with Crippen molar-refractivity contribution in [2.75, 3.05) is 6.61 Å². The van der Waals surface area contributed by atoms with Crippen LogP contribution in [0.2, 0.25) is 0 Å². The second-order valence-electron chi connectivity index (χ2n) is 4.62. The summed E-state index contributed by atoms with van der Waals surface area (Å²) in [6.45, 7) is 4.01. The maximum Gasteiger partial charge on any atom is 0.312 e. The van der Waals surface area contributed by atoms with Gasteiger partial charge in [0.25, 0.3) is 0 Å². The monoisotopic (exact) mass is 216 g/mol. The summed E-state index contributed by atoms with van der Waals surface area (Å²) < 4.78 is 4.90. The van der Waals surface area contributed by atoms with E-state index in [4.69, 9.17) is 9.84 Å². The SMILES string of the molecule is CC(C)CC[C@H](O)[C@H]1C[C@@H](CO)OC1=O. The molecule has 0 spiro atoms. The van der Waals surface area contributed by atoms with Crippen LogP contribution in [0.4, 0.5) is 0 Å². The van der Waals surface area contributed by atoms with Gasteiger partial charge in [0.15, 0.2) is 0 Å². The molecule has 0 aromatic carbocycles. The molecule has 0 unspecified atom stereocenters. The summed E-state index contributed by atoms with van der Waals surface area (Å²) in [5, 5.41) is 18.6. The van der Waals surface area contributed by atoms with Crippen LogP contribution in [0.5, 0.6) is 0 Å². The second kappa shape index (κ2) is 5.47. The van der Waals surface area contributed by atoms with E-state index in [1.807, 2.05) is 0 Å². The van der Waals surface area contributed by atoms with E-state index in [9.17, 15) is 9.90 Å². The fourth-order valence-corrected chi connectivity index (χ4v) is 1.81. The molecule has 0 bridgehead atoms. The van der Waals surface area contributed by atoms with Crippen LogP contribution in [0.1, 0.15) is 33.1 Å². The zero-order valence-corrected chi connectivity index (χ0v) is 9.35. The fraction of sp³-hybridized carbons (Fsp3) is 0.909. The maximum absolute atomic E-state index is 11.3. The molecule has 1 fully saturated rings. The molecule has 0 radical (unpaired) electrons. The number of rotatable bonds is 5. The Labute approximate surface area is 90.2 Å². The highest BCUT2D eigenvalue weighted by Gasteiger charge is 2.38. The van der Waals surface area contributed by atoms with Crippen LogP contribution in [0.3, 0.4) is 0 Å². The Morgan fingerprint density at radius 2 is 2.13 bits per heavy atom. The van der Waals surface area contributed by atoms with Crippen LogP contribution in [-0.4, -0.2) is 35.0 Å². The molecule has 4 nitrogen and oxygen atoms in total. The van der Waals surface area contributed by atoms with Crippen LogP contribution in [0.15, 0.2) is 0 Å². The van der Waals surface area contributed by atoms with Gasteiger partial charge < -0.3 is 14.9 Å². The van der Waals surface area contributed by atoms with Crippen molar-refractivity contribution in [2.24, 2.45) is 11.8 Å². The normalized spacial score (nSPS) is 28.2. The second-order valence-corrected chi connectivity index (χ2v) is 4.62. The van der Waals surface area contributed by atoms with Crippen molar-refractivity contribution in [2.45, 2.75) is 45.3 Å². The van der Waals surface area contributed by atoms with Crippen molar-refractivity contribution in [1.29, 1.82) is 0 Å². The van der Waals surface area contributed by atoms with E-state index in [-0.39, 0.29) is 12.6 Å². The van der Waals surface area contributed by atoms with Crippen molar-refractivity contribution in [1.82, 2.24) is 0 Å². The van der Waals surface area contributed by atoms with Gasteiger partial charge in [-0.25, -0.2) is 0 Å². The number of esters is 1. The summed E-state index contributed by atoms with van der Waals surface area (Å²) in [6.07, 6.45) is 0.909. The molecule has 15 heavy (non-hydrogen) atoms. The quantitative estimate of drug-likeness (QED) is 0.664. The van der Waals surface area contributed by atoms with Gasteiger partial charge in [-0.2, -0.15) is 0 Å². The average molecular weight is 216 g/mol. The van der Waals surface area contributed by atoms with Crippen LogP contribution in [0.25, 0.3) is 0 Å². The third kappa shape index (κ3) is 3.47. The number of aliphatic hydroxyl groups excluding tert-OH is 2. The lowest BCUT2D eigenvalue weighted by atomic mass is 9.93.